The molecule has 4 rings (SSSR count). The number of hydrogen-bond acceptors (Lipinski definition) is 5. The predicted molar refractivity (Wildman–Crippen MR) is 146 cm³/mol. The molecule has 0 saturated heterocycles. The minimum Gasteiger partial charge on any atom is -0.494 e. The van der Waals surface area contributed by atoms with Crippen LogP contribution in [0.25, 0.3) is 17.0 Å². The van der Waals surface area contributed by atoms with Gasteiger partial charge in [-0.1, -0.05) is 28.1 Å². The van der Waals surface area contributed by atoms with Crippen molar-refractivity contribution >= 4 is 44.6 Å². The largest absolute Gasteiger partial charge is 0.494 e. The van der Waals surface area contributed by atoms with E-state index in [9.17, 15) is 9.59 Å². The molecule has 0 fully saturated rings. The van der Waals surface area contributed by atoms with Crippen molar-refractivity contribution in [2.75, 3.05) is 18.5 Å². The van der Waals surface area contributed by atoms with Gasteiger partial charge in [0.1, 0.15) is 17.1 Å². The highest BCUT2D eigenvalue weighted by atomic mass is 79.9. The molecule has 0 aliphatic carbocycles. The molecule has 0 atom stereocenters. The van der Waals surface area contributed by atoms with Gasteiger partial charge in [-0.3, -0.25) is 4.79 Å². The number of carbonyl (C=O) groups is 1. The zero-order chi connectivity index (χ0) is 25.3. The minimum absolute atomic E-state index is 0.191. The molecule has 0 saturated carbocycles. The fourth-order valence-electron chi connectivity index (χ4n) is 3.54. The lowest BCUT2D eigenvalue weighted by Gasteiger charge is -2.09. The molecule has 1 aromatic heterocycles. The topological polar surface area (TPSA) is 77.8 Å². The van der Waals surface area contributed by atoms with Gasteiger partial charge in [0.2, 0.25) is 5.91 Å². The lowest BCUT2D eigenvalue weighted by atomic mass is 10.1. The molecule has 1 heterocycles. The van der Waals surface area contributed by atoms with Gasteiger partial charge < -0.3 is 19.2 Å². The fourth-order valence-corrected chi connectivity index (χ4v) is 3.81. The van der Waals surface area contributed by atoms with Crippen molar-refractivity contribution in [3.8, 4) is 11.5 Å². The van der Waals surface area contributed by atoms with E-state index in [4.69, 9.17) is 13.9 Å². The zero-order valence-corrected chi connectivity index (χ0v) is 21.4. The molecule has 7 heteroatoms. The maximum atomic E-state index is 12.1. The molecular formula is C29H26BrNO5. The van der Waals surface area contributed by atoms with Gasteiger partial charge in [0.15, 0.2) is 0 Å². The Bertz CT molecular complexity index is 1410. The van der Waals surface area contributed by atoms with Gasteiger partial charge in [0.25, 0.3) is 0 Å². The van der Waals surface area contributed by atoms with E-state index < -0.39 is 0 Å². The SMILES string of the molecule is Cc1cc(=O)oc2cc(OCCCCOc3ccc(/C=C/C(=O)Nc4ccc(Br)cc4)cc3)ccc12. The van der Waals surface area contributed by atoms with Crippen molar-refractivity contribution in [3.63, 3.8) is 0 Å². The molecular weight excluding hydrogens is 522 g/mol. The predicted octanol–water partition coefficient (Wildman–Crippen LogP) is 6.75. The first-order valence-corrected chi connectivity index (χ1v) is 12.4. The summed E-state index contributed by atoms with van der Waals surface area (Å²) in [5.74, 6) is 1.25. The van der Waals surface area contributed by atoms with Crippen LogP contribution in [0.2, 0.25) is 0 Å². The van der Waals surface area contributed by atoms with Crippen LogP contribution in [0, 0.1) is 6.92 Å². The average molecular weight is 548 g/mol. The van der Waals surface area contributed by atoms with Crippen LogP contribution in [0.3, 0.4) is 0 Å². The Balaban J connectivity index is 1.16. The van der Waals surface area contributed by atoms with Crippen molar-refractivity contribution in [2.45, 2.75) is 19.8 Å². The number of halogens is 1. The number of aryl methyl sites for hydroxylation is 1. The highest BCUT2D eigenvalue weighted by molar-refractivity contribution is 9.10. The smallest absolute Gasteiger partial charge is 0.336 e. The van der Waals surface area contributed by atoms with Crippen LogP contribution in [-0.4, -0.2) is 19.1 Å². The molecule has 0 bridgehead atoms. The summed E-state index contributed by atoms with van der Waals surface area (Å²) in [5.41, 5.74) is 2.70. The Morgan fingerprint density at radius 3 is 2.31 bits per heavy atom. The van der Waals surface area contributed by atoms with Gasteiger partial charge in [0.05, 0.1) is 13.2 Å². The molecule has 0 unspecified atom stereocenters. The Labute approximate surface area is 217 Å². The highest BCUT2D eigenvalue weighted by Gasteiger charge is 2.04. The Morgan fingerprint density at radius 2 is 1.58 bits per heavy atom. The summed E-state index contributed by atoms with van der Waals surface area (Å²) in [6, 6.07) is 22.0. The summed E-state index contributed by atoms with van der Waals surface area (Å²) in [6.07, 6.45) is 4.92. The van der Waals surface area contributed by atoms with Gasteiger partial charge >= 0.3 is 5.63 Å². The number of anilines is 1. The number of carbonyl (C=O) groups excluding carboxylic acids is 1. The normalized spacial score (nSPS) is 11.1. The van der Waals surface area contributed by atoms with Crippen LogP contribution in [-0.2, 0) is 4.79 Å². The van der Waals surface area contributed by atoms with Crippen LogP contribution < -0.4 is 20.4 Å². The number of unbranched alkanes of at least 4 members (excludes halogenated alkanes) is 1. The van der Waals surface area contributed by atoms with E-state index in [1.165, 1.54) is 12.1 Å². The van der Waals surface area contributed by atoms with Crippen LogP contribution in [0.15, 0.2) is 92.6 Å². The summed E-state index contributed by atoms with van der Waals surface area (Å²) >= 11 is 3.37. The lowest BCUT2D eigenvalue weighted by molar-refractivity contribution is -0.111. The Kier molecular flexibility index (Phi) is 8.57. The fraction of sp³-hybridized carbons (Fsp3) is 0.172. The zero-order valence-electron chi connectivity index (χ0n) is 19.8. The maximum Gasteiger partial charge on any atom is 0.336 e. The molecule has 1 amide bonds. The third kappa shape index (κ3) is 7.33. The molecule has 184 valence electrons. The van der Waals surface area contributed by atoms with E-state index in [1.807, 2.05) is 67.6 Å². The number of amides is 1. The molecule has 36 heavy (non-hydrogen) atoms. The molecule has 0 radical (unpaired) electrons. The molecule has 3 aromatic carbocycles. The molecule has 6 nitrogen and oxygen atoms in total. The van der Waals surface area contributed by atoms with Crippen molar-refractivity contribution in [1.29, 1.82) is 0 Å². The Hall–Kier alpha value is -3.84. The van der Waals surface area contributed by atoms with Gasteiger partial charge in [-0.25, -0.2) is 4.79 Å². The monoisotopic (exact) mass is 547 g/mol. The number of ether oxygens (including phenoxy) is 2. The summed E-state index contributed by atoms with van der Waals surface area (Å²) in [4.78, 5) is 23.7. The molecule has 1 N–H and O–H groups in total. The third-order valence-corrected chi connectivity index (χ3v) is 5.95. The number of hydrogen-bond donors (Lipinski definition) is 1. The number of rotatable bonds is 10. The Morgan fingerprint density at radius 1 is 0.917 bits per heavy atom. The van der Waals surface area contributed by atoms with Crippen molar-refractivity contribution in [2.24, 2.45) is 0 Å². The highest BCUT2D eigenvalue weighted by Crippen LogP contribution is 2.22. The van der Waals surface area contributed by atoms with Gasteiger partial charge in [-0.15, -0.1) is 0 Å². The van der Waals surface area contributed by atoms with Gasteiger partial charge in [0, 0.05) is 33.8 Å². The molecule has 4 aromatic rings. The maximum absolute atomic E-state index is 12.1. The van der Waals surface area contributed by atoms with Crippen molar-refractivity contribution < 1.29 is 18.7 Å². The van der Waals surface area contributed by atoms with E-state index in [0.717, 1.165) is 45.3 Å². The van der Waals surface area contributed by atoms with Gasteiger partial charge in [-0.2, -0.15) is 0 Å². The lowest BCUT2D eigenvalue weighted by Crippen LogP contribution is -2.07. The standard InChI is InChI=1S/C29H26BrNO5/c1-20-18-29(33)36-27-19-25(13-14-26(20)27)35-17-3-2-16-34-24-11-4-21(5-12-24)6-15-28(32)31-23-9-7-22(30)8-10-23/h4-15,18-19H,2-3,16-17H2,1H3,(H,31,32)/b15-6+. The van der Waals surface area contributed by atoms with E-state index in [1.54, 1.807) is 12.1 Å². The van der Waals surface area contributed by atoms with Crippen LogP contribution in [0.1, 0.15) is 24.0 Å². The van der Waals surface area contributed by atoms with E-state index in [2.05, 4.69) is 21.2 Å². The second-order valence-electron chi connectivity index (χ2n) is 8.21. The third-order valence-electron chi connectivity index (χ3n) is 5.42. The van der Waals surface area contributed by atoms with Crippen LogP contribution in [0.4, 0.5) is 5.69 Å². The van der Waals surface area contributed by atoms with Crippen molar-refractivity contribution in [3.05, 3.63) is 105 Å². The summed E-state index contributed by atoms with van der Waals surface area (Å²) in [6.45, 7) is 2.99. The first-order valence-electron chi connectivity index (χ1n) is 11.6. The molecule has 0 aliphatic rings. The summed E-state index contributed by atoms with van der Waals surface area (Å²) < 4.78 is 17.8. The minimum atomic E-state index is -0.361. The molecule has 0 spiro atoms. The van der Waals surface area contributed by atoms with Crippen molar-refractivity contribution in [1.82, 2.24) is 0 Å². The average Bonchev–Trinajstić information content (AvgIpc) is 2.86. The summed E-state index contributed by atoms with van der Waals surface area (Å²) in [5, 5.41) is 3.72. The first-order chi connectivity index (χ1) is 17.5. The molecule has 0 aliphatic heterocycles. The quantitative estimate of drug-likeness (QED) is 0.135. The second-order valence-corrected chi connectivity index (χ2v) is 9.12. The van der Waals surface area contributed by atoms with E-state index in [0.29, 0.717) is 24.5 Å². The van der Waals surface area contributed by atoms with Crippen LogP contribution >= 0.6 is 15.9 Å². The van der Waals surface area contributed by atoms with Crippen LogP contribution in [0.5, 0.6) is 11.5 Å². The van der Waals surface area contributed by atoms with Gasteiger partial charge in [-0.05, 0) is 85.5 Å². The number of nitrogens with one attached hydrogen (secondary N) is 1. The van der Waals surface area contributed by atoms with E-state index in [-0.39, 0.29) is 11.5 Å². The number of fused-ring (bicyclic) bond motifs is 1. The second kappa shape index (κ2) is 12.2. The number of benzene rings is 3. The summed E-state index contributed by atoms with van der Waals surface area (Å²) in [7, 11) is 0. The van der Waals surface area contributed by atoms with E-state index >= 15 is 0 Å². The first kappa shape index (κ1) is 25.3.